The van der Waals surface area contributed by atoms with Gasteiger partial charge in [-0.2, -0.15) is 0 Å². The molecule has 0 saturated carbocycles. The van der Waals surface area contributed by atoms with Crippen LogP contribution in [-0.4, -0.2) is 9.97 Å². The van der Waals surface area contributed by atoms with Crippen molar-refractivity contribution in [2.75, 3.05) is 0 Å². The summed E-state index contributed by atoms with van der Waals surface area (Å²) < 4.78 is 2.05. The minimum absolute atomic E-state index is 0.471. The summed E-state index contributed by atoms with van der Waals surface area (Å²) in [4.78, 5) is 8.03. The van der Waals surface area contributed by atoms with Crippen molar-refractivity contribution in [2.45, 2.75) is 0 Å². The summed E-state index contributed by atoms with van der Waals surface area (Å²) in [5.41, 5.74) is 0. The van der Waals surface area contributed by atoms with Crippen molar-refractivity contribution in [1.82, 2.24) is 9.97 Å². The summed E-state index contributed by atoms with van der Waals surface area (Å²) in [7, 11) is 6.43. The molecule has 0 aliphatic heterocycles. The Labute approximate surface area is 114 Å². The van der Waals surface area contributed by atoms with Crippen molar-refractivity contribution in [2.24, 2.45) is 0 Å². The molecule has 0 aromatic carbocycles. The fraction of sp³-hybridized carbons (Fsp3) is 0. The molecule has 2 aromatic heterocycles. The summed E-state index contributed by atoms with van der Waals surface area (Å²) >= 11 is 9.52. The second-order valence-corrected chi connectivity index (χ2v) is 9.37. The van der Waals surface area contributed by atoms with Crippen molar-refractivity contribution in [3.05, 3.63) is 54.1 Å². The van der Waals surface area contributed by atoms with Crippen molar-refractivity contribution in [3.63, 3.8) is 0 Å². The number of hydrogen-bond donors (Lipinski definition) is 0. The maximum absolute atomic E-state index is 6.43. The monoisotopic (exact) mass is 386 g/mol. The van der Waals surface area contributed by atoms with E-state index in [4.69, 9.17) is 32.1 Å². The Morgan fingerprint density at radius 2 is 1.25 bits per heavy atom. The Morgan fingerprint density at radius 1 is 0.812 bits per heavy atom. The topological polar surface area (TPSA) is 25.8 Å². The molecule has 0 spiro atoms. The predicted molar refractivity (Wildman–Crippen MR) is 75.8 cm³/mol. The molecule has 2 nitrogen and oxygen atoms in total. The van der Waals surface area contributed by atoms with Gasteiger partial charge in [0.05, 0.1) is 0 Å². The van der Waals surface area contributed by atoms with Gasteiger partial charge in [0.15, 0.2) is 0 Å². The Balaban J connectivity index is 2.28. The Kier molecular flexibility index (Phi) is 4.24. The first-order valence-electron chi connectivity index (χ1n) is 4.26. The standard InChI is InChI=1S/C10H6Cl3IN2/c11-9-3-1-7(5-15-9)14(13)8-2-4-10(12)16-6-8/h1-6H. The van der Waals surface area contributed by atoms with E-state index in [1.807, 2.05) is 12.1 Å². The second kappa shape index (κ2) is 5.49. The van der Waals surface area contributed by atoms with Crippen molar-refractivity contribution in [1.29, 1.82) is 0 Å². The van der Waals surface area contributed by atoms with Gasteiger partial charge < -0.3 is 0 Å². The van der Waals surface area contributed by atoms with E-state index >= 15 is 0 Å². The Bertz CT molecular complexity index is 427. The molecule has 0 aliphatic rings. The van der Waals surface area contributed by atoms with Gasteiger partial charge in [-0.1, -0.05) is 0 Å². The van der Waals surface area contributed by atoms with Gasteiger partial charge in [0.25, 0.3) is 0 Å². The van der Waals surface area contributed by atoms with Crippen LogP contribution in [-0.2, 0) is 0 Å². The first-order chi connectivity index (χ1) is 7.66. The Hall–Kier alpha value is -0.100. The number of aromatic nitrogens is 2. The average molecular weight is 387 g/mol. The van der Waals surface area contributed by atoms with Gasteiger partial charge in [0.1, 0.15) is 0 Å². The van der Waals surface area contributed by atoms with E-state index in [1.165, 1.54) is 0 Å². The zero-order valence-corrected chi connectivity index (χ0v) is 12.3. The molecule has 0 unspecified atom stereocenters. The molecule has 0 saturated heterocycles. The molecule has 0 fully saturated rings. The molecule has 0 radical (unpaired) electrons. The van der Waals surface area contributed by atoms with E-state index in [1.54, 1.807) is 24.5 Å². The molecule has 84 valence electrons. The number of rotatable bonds is 2. The molecule has 6 heteroatoms. The zero-order chi connectivity index (χ0) is 11.5. The van der Waals surface area contributed by atoms with E-state index in [2.05, 4.69) is 9.97 Å². The summed E-state index contributed by atoms with van der Waals surface area (Å²) in [5.74, 6) is 0. The molecule has 16 heavy (non-hydrogen) atoms. The van der Waals surface area contributed by atoms with Gasteiger partial charge in [-0.15, -0.1) is 0 Å². The average Bonchev–Trinajstić information content (AvgIpc) is 2.30. The fourth-order valence-corrected chi connectivity index (χ4v) is 4.87. The van der Waals surface area contributed by atoms with Crippen LogP contribution in [0.15, 0.2) is 36.7 Å². The third-order valence-corrected chi connectivity index (χ3v) is 7.89. The predicted octanol–water partition coefficient (Wildman–Crippen LogP) is 4.48. The Morgan fingerprint density at radius 3 is 1.56 bits per heavy atom. The molecule has 2 heterocycles. The van der Waals surface area contributed by atoms with Gasteiger partial charge in [0, 0.05) is 0 Å². The molecule has 2 rings (SSSR count). The maximum atomic E-state index is 6.43. The minimum atomic E-state index is -1.91. The van der Waals surface area contributed by atoms with Crippen LogP contribution in [0.2, 0.25) is 10.3 Å². The summed E-state index contributed by atoms with van der Waals surface area (Å²) in [6.07, 6.45) is 3.43. The van der Waals surface area contributed by atoms with E-state index in [-0.39, 0.29) is 0 Å². The molecule has 0 N–H and O–H groups in total. The van der Waals surface area contributed by atoms with E-state index in [0.717, 1.165) is 7.14 Å². The molecule has 0 aliphatic carbocycles. The van der Waals surface area contributed by atoms with E-state index in [0.29, 0.717) is 10.3 Å². The molecular weight excluding hydrogens is 381 g/mol. The summed E-state index contributed by atoms with van der Waals surface area (Å²) in [6, 6.07) is 7.30. The van der Waals surface area contributed by atoms with Crippen LogP contribution < -0.4 is 0 Å². The van der Waals surface area contributed by atoms with Crippen LogP contribution in [0.1, 0.15) is 0 Å². The van der Waals surface area contributed by atoms with Crippen LogP contribution >= 0.6 is 50.8 Å². The van der Waals surface area contributed by atoms with Crippen LogP contribution in [0.4, 0.5) is 0 Å². The number of pyridine rings is 2. The molecule has 0 bridgehead atoms. The number of hydrogen-bond acceptors (Lipinski definition) is 2. The van der Waals surface area contributed by atoms with Gasteiger partial charge in [-0.25, -0.2) is 0 Å². The van der Waals surface area contributed by atoms with Crippen LogP contribution in [0.5, 0.6) is 0 Å². The summed E-state index contributed by atoms with van der Waals surface area (Å²) in [6.45, 7) is 0. The van der Waals surface area contributed by atoms with Gasteiger partial charge in [-0.3, -0.25) is 0 Å². The van der Waals surface area contributed by atoms with Crippen LogP contribution in [0.25, 0.3) is 0 Å². The molecular formula is C10H6Cl3IN2. The van der Waals surface area contributed by atoms with Gasteiger partial charge in [0.2, 0.25) is 0 Å². The first-order valence-corrected chi connectivity index (χ1v) is 9.91. The van der Waals surface area contributed by atoms with Crippen LogP contribution in [0.3, 0.4) is 0 Å². The van der Waals surface area contributed by atoms with Crippen molar-refractivity contribution < 1.29 is 0 Å². The van der Waals surface area contributed by atoms with Gasteiger partial charge in [-0.05, 0) is 0 Å². The van der Waals surface area contributed by atoms with E-state index in [9.17, 15) is 0 Å². The molecule has 2 aromatic rings. The first kappa shape index (κ1) is 12.4. The van der Waals surface area contributed by atoms with Gasteiger partial charge >= 0.3 is 115 Å². The normalized spacial score (nSPS) is 11.3. The zero-order valence-electron chi connectivity index (χ0n) is 7.87. The quantitative estimate of drug-likeness (QED) is 0.561. The van der Waals surface area contributed by atoms with E-state index < -0.39 is 18.7 Å². The summed E-state index contributed by atoms with van der Waals surface area (Å²) in [5, 5.41) is 0.942. The van der Waals surface area contributed by atoms with Crippen molar-refractivity contribution in [3.8, 4) is 0 Å². The SMILES string of the molecule is Clc1ccc(I(Cl)c2ccc(Cl)nc2)cn1. The van der Waals surface area contributed by atoms with Crippen LogP contribution in [0, 0.1) is 7.14 Å². The fourth-order valence-electron chi connectivity index (χ4n) is 1.04. The third-order valence-electron chi connectivity index (χ3n) is 1.77. The molecule has 0 atom stereocenters. The van der Waals surface area contributed by atoms with Crippen molar-refractivity contribution >= 4 is 50.8 Å². The third kappa shape index (κ3) is 2.97. The number of halogens is 4. The number of nitrogens with zero attached hydrogens (tertiary/aromatic N) is 2. The molecule has 0 amide bonds. The second-order valence-electron chi connectivity index (χ2n) is 2.84.